The van der Waals surface area contributed by atoms with Crippen molar-refractivity contribution < 1.29 is 39.6 Å². The van der Waals surface area contributed by atoms with Gasteiger partial charge in [0.15, 0.2) is 5.70 Å². The minimum Gasteiger partial charge on any atom is -0.481 e. The third-order valence-corrected chi connectivity index (χ3v) is 1.30. The number of nitrogens with zero attached hydrogens (tertiary/aromatic N) is 1. The first-order chi connectivity index (χ1) is 7.73. The molecule has 0 saturated carbocycles. The second-order valence-electron chi connectivity index (χ2n) is 2.61. The van der Waals surface area contributed by atoms with E-state index in [2.05, 4.69) is 4.99 Å². The Hall–Kier alpha value is -2.71. The summed E-state index contributed by atoms with van der Waals surface area (Å²) in [6.07, 6.45) is -0.868. The summed E-state index contributed by atoms with van der Waals surface area (Å²) >= 11 is 0. The van der Waals surface area contributed by atoms with Crippen LogP contribution >= 0.6 is 0 Å². The number of rotatable bonds is 6. The van der Waals surface area contributed by atoms with Crippen LogP contribution in [0.15, 0.2) is 16.8 Å². The lowest BCUT2D eigenvalue weighted by Gasteiger charge is -1.98. The first-order valence-corrected chi connectivity index (χ1v) is 3.94. The van der Waals surface area contributed by atoms with Crippen molar-refractivity contribution in [1.82, 2.24) is 0 Å². The maximum atomic E-state index is 10.5. The molecule has 0 rings (SSSR count). The molecule has 0 saturated heterocycles. The lowest BCUT2D eigenvalue weighted by atomic mass is 10.2. The number of carbonyl (C=O) groups is 4. The molecule has 0 aliphatic carbocycles. The Morgan fingerprint density at radius 1 is 0.941 bits per heavy atom. The number of aliphatic carboxylic acids is 4. The van der Waals surface area contributed by atoms with Crippen LogP contribution in [0.1, 0.15) is 6.42 Å². The minimum atomic E-state index is -1.78. The van der Waals surface area contributed by atoms with Crippen molar-refractivity contribution >= 4 is 29.6 Å². The summed E-state index contributed by atoms with van der Waals surface area (Å²) in [4.78, 5) is 44.5. The van der Waals surface area contributed by atoms with Crippen LogP contribution < -0.4 is 0 Å². The van der Waals surface area contributed by atoms with Crippen LogP contribution in [-0.2, 0) is 19.2 Å². The van der Waals surface area contributed by atoms with Gasteiger partial charge in [0.2, 0.25) is 0 Å². The van der Waals surface area contributed by atoms with E-state index in [1.165, 1.54) is 0 Å². The van der Waals surface area contributed by atoms with Crippen LogP contribution in [0.4, 0.5) is 0 Å². The molecule has 0 radical (unpaired) electrons. The molecule has 0 aromatic carbocycles. The van der Waals surface area contributed by atoms with Gasteiger partial charge in [0.05, 0.1) is 12.5 Å². The summed E-state index contributed by atoms with van der Waals surface area (Å²) in [7, 11) is 0. The van der Waals surface area contributed by atoms with Crippen molar-refractivity contribution in [3.05, 3.63) is 11.8 Å². The molecule has 0 fully saturated rings. The highest BCUT2D eigenvalue weighted by atomic mass is 16.4. The zero-order chi connectivity index (χ0) is 13.6. The molecule has 0 amide bonds. The fourth-order valence-electron chi connectivity index (χ4n) is 0.710. The molecule has 0 bridgehead atoms. The first-order valence-electron chi connectivity index (χ1n) is 3.94. The highest BCUT2D eigenvalue weighted by molar-refractivity contribution is 6.39. The van der Waals surface area contributed by atoms with E-state index in [1.807, 2.05) is 0 Å². The van der Waals surface area contributed by atoms with Gasteiger partial charge in [0.25, 0.3) is 0 Å². The Balaban J connectivity index is 5.38. The van der Waals surface area contributed by atoms with Gasteiger partial charge in [-0.1, -0.05) is 0 Å². The average molecular weight is 245 g/mol. The van der Waals surface area contributed by atoms with Crippen molar-refractivity contribution in [3.8, 4) is 0 Å². The topological polar surface area (TPSA) is 162 Å². The number of aliphatic imine (C=N–C) groups is 1. The summed E-state index contributed by atoms with van der Waals surface area (Å²) in [6, 6.07) is 0. The number of hydrogen-bond acceptors (Lipinski definition) is 5. The summed E-state index contributed by atoms with van der Waals surface area (Å²) in [5.74, 6) is -6.71. The molecule has 9 heteroatoms. The van der Waals surface area contributed by atoms with Gasteiger partial charge in [-0.05, 0) is 0 Å². The predicted octanol–water partition coefficient (Wildman–Crippen LogP) is -0.960. The molecule has 4 N–H and O–H groups in total. The molecule has 0 heterocycles. The second-order valence-corrected chi connectivity index (χ2v) is 2.61. The Morgan fingerprint density at radius 3 is 1.76 bits per heavy atom. The fraction of sp³-hybridized carbons (Fsp3) is 0.125. The van der Waals surface area contributed by atoms with E-state index in [0.29, 0.717) is 0 Å². The summed E-state index contributed by atoms with van der Waals surface area (Å²) < 4.78 is 0. The summed E-state index contributed by atoms with van der Waals surface area (Å²) in [6.45, 7) is 0. The molecule has 0 aliphatic heterocycles. The van der Waals surface area contributed by atoms with Gasteiger partial charge in [-0.25, -0.2) is 19.4 Å². The molecular weight excluding hydrogens is 238 g/mol. The van der Waals surface area contributed by atoms with Crippen LogP contribution in [0, 0.1) is 0 Å². The van der Waals surface area contributed by atoms with Gasteiger partial charge in [-0.3, -0.25) is 4.79 Å². The molecule has 0 aromatic rings. The quantitative estimate of drug-likeness (QED) is 0.343. The third-order valence-electron chi connectivity index (χ3n) is 1.30. The third kappa shape index (κ3) is 5.67. The van der Waals surface area contributed by atoms with E-state index in [0.717, 1.165) is 0 Å². The van der Waals surface area contributed by atoms with E-state index in [4.69, 9.17) is 20.4 Å². The standard InChI is InChI=1S/C8H7NO8/c10-5(11)1-3(7(14)15)9-4(8(16)17)2-6(12)13/h1H,2H2,(H,10,11)(H,12,13)(H,14,15)(H,16,17). The minimum absolute atomic E-state index is 0.160. The maximum Gasteiger partial charge on any atom is 0.354 e. The molecule has 0 spiro atoms. The van der Waals surface area contributed by atoms with Gasteiger partial charge in [-0.2, -0.15) is 0 Å². The van der Waals surface area contributed by atoms with Crippen LogP contribution in [0.3, 0.4) is 0 Å². The van der Waals surface area contributed by atoms with Crippen LogP contribution in [0.5, 0.6) is 0 Å². The SMILES string of the molecule is O=C(O)C=C(N=C(CC(=O)O)C(=O)O)C(=O)O. The maximum absolute atomic E-state index is 10.5. The highest BCUT2D eigenvalue weighted by Gasteiger charge is 2.17. The monoisotopic (exact) mass is 245 g/mol. The van der Waals surface area contributed by atoms with Gasteiger partial charge < -0.3 is 20.4 Å². The molecule has 92 valence electrons. The predicted molar refractivity (Wildman–Crippen MR) is 50.7 cm³/mol. The zero-order valence-corrected chi connectivity index (χ0v) is 8.15. The van der Waals surface area contributed by atoms with Gasteiger partial charge in [0, 0.05) is 0 Å². The molecule has 0 aliphatic rings. The Kier molecular flexibility index (Phi) is 5.04. The fourth-order valence-corrected chi connectivity index (χ4v) is 0.710. The van der Waals surface area contributed by atoms with Gasteiger partial charge in [-0.15, -0.1) is 0 Å². The largest absolute Gasteiger partial charge is 0.481 e. The first kappa shape index (κ1) is 14.3. The lowest BCUT2D eigenvalue weighted by molar-refractivity contribution is -0.137. The van der Waals surface area contributed by atoms with Crippen molar-refractivity contribution in [2.45, 2.75) is 6.42 Å². The van der Waals surface area contributed by atoms with Crippen molar-refractivity contribution in [1.29, 1.82) is 0 Å². The molecule has 0 aromatic heterocycles. The number of carboxylic acid groups (broad SMARTS) is 4. The molecule has 9 nitrogen and oxygen atoms in total. The highest BCUT2D eigenvalue weighted by Crippen LogP contribution is 2.01. The van der Waals surface area contributed by atoms with Crippen LogP contribution in [0.2, 0.25) is 0 Å². The van der Waals surface area contributed by atoms with E-state index in [-0.39, 0.29) is 6.08 Å². The summed E-state index contributed by atoms with van der Waals surface area (Å²) in [5.41, 5.74) is -2.05. The van der Waals surface area contributed by atoms with Crippen LogP contribution in [-0.4, -0.2) is 50.0 Å². The Labute approximate surface area is 93.3 Å². The van der Waals surface area contributed by atoms with E-state index < -0.39 is 41.7 Å². The van der Waals surface area contributed by atoms with Gasteiger partial charge in [0.1, 0.15) is 5.71 Å². The molecular formula is C8H7NO8. The Morgan fingerprint density at radius 2 is 1.47 bits per heavy atom. The smallest absolute Gasteiger partial charge is 0.354 e. The summed E-state index contributed by atoms with van der Waals surface area (Å²) in [5, 5.41) is 33.7. The second kappa shape index (κ2) is 6.00. The van der Waals surface area contributed by atoms with Crippen LogP contribution in [0.25, 0.3) is 0 Å². The Bertz CT molecular complexity index is 433. The molecule has 17 heavy (non-hydrogen) atoms. The average Bonchev–Trinajstić information content (AvgIpc) is 2.13. The van der Waals surface area contributed by atoms with Crippen molar-refractivity contribution in [2.75, 3.05) is 0 Å². The van der Waals surface area contributed by atoms with E-state index >= 15 is 0 Å². The van der Waals surface area contributed by atoms with Gasteiger partial charge >= 0.3 is 23.9 Å². The zero-order valence-electron chi connectivity index (χ0n) is 8.15. The van der Waals surface area contributed by atoms with Crippen molar-refractivity contribution in [2.24, 2.45) is 4.99 Å². The van der Waals surface area contributed by atoms with Crippen molar-refractivity contribution in [3.63, 3.8) is 0 Å². The number of carboxylic acids is 4. The normalized spacial score (nSPS) is 12.0. The number of hydrogen-bond donors (Lipinski definition) is 4. The van der Waals surface area contributed by atoms with E-state index in [9.17, 15) is 19.2 Å². The molecule has 0 unspecified atom stereocenters. The molecule has 0 atom stereocenters. The lowest BCUT2D eigenvalue weighted by Crippen LogP contribution is -2.19. The van der Waals surface area contributed by atoms with E-state index in [1.54, 1.807) is 0 Å².